The molecular weight excluding hydrogens is 386 g/mol. The quantitative estimate of drug-likeness (QED) is 0.480. The number of carbonyl (C=O) groups is 1. The number of hydrogen-bond acceptors (Lipinski definition) is 4. The summed E-state index contributed by atoms with van der Waals surface area (Å²) in [6, 6.07) is 30.3. The minimum atomic E-state index is -0.852. The number of ether oxygens (including phenoxy) is 1. The molecule has 0 radical (unpaired) electrons. The van der Waals surface area contributed by atoms with Crippen LogP contribution in [0.5, 0.6) is 0 Å². The zero-order valence-corrected chi connectivity index (χ0v) is 18.3. The maximum atomic E-state index is 12.8. The standard InChI is InChI=1S/C27H29NO3/c1-26(22-15-9-5-10-16-22)19-20-27(2,23-17-11-6-12-18-23)28(26)31-24(25(29)30-3)21-13-7-4-8-14-21/h4-18,24H,19-20H2,1-3H3/t24?,26-,27-/m0/s1. The molecule has 1 aliphatic rings. The van der Waals surface area contributed by atoms with Crippen LogP contribution < -0.4 is 0 Å². The van der Waals surface area contributed by atoms with Crippen LogP contribution in [0.1, 0.15) is 49.5 Å². The summed E-state index contributed by atoms with van der Waals surface area (Å²) < 4.78 is 5.13. The van der Waals surface area contributed by atoms with E-state index in [0.29, 0.717) is 0 Å². The minimum absolute atomic E-state index is 0.410. The van der Waals surface area contributed by atoms with Gasteiger partial charge < -0.3 is 4.74 Å². The molecule has 1 saturated heterocycles. The second-order valence-electron chi connectivity index (χ2n) is 8.49. The summed E-state index contributed by atoms with van der Waals surface area (Å²) in [7, 11) is 1.40. The molecule has 4 heteroatoms. The van der Waals surface area contributed by atoms with Crippen LogP contribution in [0.3, 0.4) is 0 Å². The largest absolute Gasteiger partial charge is 0.467 e. The van der Waals surface area contributed by atoms with Gasteiger partial charge in [-0.15, -0.1) is 0 Å². The van der Waals surface area contributed by atoms with Gasteiger partial charge in [0.2, 0.25) is 6.10 Å². The van der Waals surface area contributed by atoms with Gasteiger partial charge >= 0.3 is 5.97 Å². The molecule has 3 atom stereocenters. The summed E-state index contributed by atoms with van der Waals surface area (Å²) in [5.74, 6) is -0.413. The molecule has 3 aromatic rings. The maximum Gasteiger partial charge on any atom is 0.341 e. The Balaban J connectivity index is 1.82. The zero-order valence-electron chi connectivity index (χ0n) is 18.3. The van der Waals surface area contributed by atoms with Gasteiger partial charge in [-0.2, -0.15) is 5.06 Å². The Labute approximate surface area is 184 Å². The molecule has 3 aromatic carbocycles. The summed E-state index contributed by atoms with van der Waals surface area (Å²) in [5.41, 5.74) is 2.27. The number of hydrogen-bond donors (Lipinski definition) is 0. The van der Waals surface area contributed by atoms with Crippen molar-refractivity contribution >= 4 is 5.97 Å². The van der Waals surface area contributed by atoms with E-state index >= 15 is 0 Å². The minimum Gasteiger partial charge on any atom is -0.467 e. The summed E-state index contributed by atoms with van der Waals surface area (Å²) in [4.78, 5) is 19.5. The highest BCUT2D eigenvalue weighted by Crippen LogP contribution is 2.53. The first kappa shape index (κ1) is 21.3. The fourth-order valence-electron chi connectivity index (χ4n) is 4.67. The Kier molecular flexibility index (Phi) is 5.94. The normalized spacial score (nSPS) is 24.6. The van der Waals surface area contributed by atoms with Crippen LogP contribution in [0.25, 0.3) is 0 Å². The first-order valence-electron chi connectivity index (χ1n) is 10.7. The fraction of sp³-hybridized carbons (Fsp3) is 0.296. The van der Waals surface area contributed by atoms with Crippen LogP contribution in [0.4, 0.5) is 0 Å². The molecule has 4 rings (SSSR count). The van der Waals surface area contributed by atoms with Gasteiger partial charge in [-0.1, -0.05) is 91.0 Å². The molecule has 0 aromatic heterocycles. The lowest BCUT2D eigenvalue weighted by Crippen LogP contribution is -2.49. The van der Waals surface area contributed by atoms with E-state index in [0.717, 1.165) is 29.5 Å². The van der Waals surface area contributed by atoms with Crippen molar-refractivity contribution in [1.29, 1.82) is 0 Å². The Morgan fingerprint density at radius 2 is 1.19 bits per heavy atom. The summed E-state index contributed by atoms with van der Waals surface area (Å²) in [6.45, 7) is 4.38. The van der Waals surface area contributed by atoms with Gasteiger partial charge in [-0.25, -0.2) is 4.79 Å². The lowest BCUT2D eigenvalue weighted by Gasteiger charge is -2.44. The molecule has 1 aliphatic heterocycles. The fourth-order valence-corrected chi connectivity index (χ4v) is 4.67. The summed E-state index contributed by atoms with van der Waals surface area (Å²) in [5, 5.41) is 2.04. The van der Waals surface area contributed by atoms with E-state index < -0.39 is 23.2 Å². The Bertz CT molecular complexity index is 955. The molecule has 1 unspecified atom stereocenters. The predicted octanol–water partition coefficient (Wildman–Crippen LogP) is 5.76. The highest BCUT2D eigenvalue weighted by atomic mass is 16.7. The van der Waals surface area contributed by atoms with Gasteiger partial charge in [0.05, 0.1) is 18.2 Å². The first-order valence-corrected chi connectivity index (χ1v) is 10.7. The zero-order chi connectivity index (χ0) is 21.9. The van der Waals surface area contributed by atoms with E-state index in [1.165, 1.54) is 7.11 Å². The van der Waals surface area contributed by atoms with E-state index in [4.69, 9.17) is 9.57 Å². The van der Waals surface area contributed by atoms with E-state index in [2.05, 4.69) is 38.1 Å². The summed E-state index contributed by atoms with van der Waals surface area (Å²) in [6.07, 6.45) is 0.936. The van der Waals surface area contributed by atoms with E-state index in [1.54, 1.807) is 0 Å². The van der Waals surface area contributed by atoms with Crippen molar-refractivity contribution in [3.8, 4) is 0 Å². The van der Waals surface area contributed by atoms with E-state index in [-0.39, 0.29) is 0 Å². The van der Waals surface area contributed by atoms with Gasteiger partial charge in [0.15, 0.2) is 0 Å². The van der Waals surface area contributed by atoms with Gasteiger partial charge in [0, 0.05) is 0 Å². The Morgan fingerprint density at radius 1 is 0.774 bits per heavy atom. The Hall–Kier alpha value is -2.95. The average Bonchev–Trinajstić information content (AvgIpc) is 3.10. The number of carbonyl (C=O) groups excluding carboxylic acids is 1. The molecular formula is C27H29NO3. The van der Waals surface area contributed by atoms with Crippen molar-refractivity contribution in [2.75, 3.05) is 7.11 Å². The van der Waals surface area contributed by atoms with Gasteiger partial charge in [0.25, 0.3) is 0 Å². The second-order valence-corrected chi connectivity index (χ2v) is 8.49. The molecule has 1 fully saturated rings. The number of methoxy groups -OCH3 is 1. The molecule has 0 spiro atoms. The third-order valence-corrected chi connectivity index (χ3v) is 6.51. The highest BCUT2D eigenvalue weighted by molar-refractivity contribution is 5.76. The number of rotatable bonds is 6. The molecule has 0 saturated carbocycles. The molecule has 1 heterocycles. The molecule has 31 heavy (non-hydrogen) atoms. The number of esters is 1. The highest BCUT2D eigenvalue weighted by Gasteiger charge is 2.54. The lowest BCUT2D eigenvalue weighted by molar-refractivity contribution is -0.284. The van der Waals surface area contributed by atoms with E-state index in [9.17, 15) is 4.79 Å². The van der Waals surface area contributed by atoms with Crippen LogP contribution in [0.2, 0.25) is 0 Å². The molecule has 0 N–H and O–H groups in total. The lowest BCUT2D eigenvalue weighted by atomic mass is 9.89. The van der Waals surface area contributed by atoms with Crippen molar-refractivity contribution in [3.05, 3.63) is 108 Å². The van der Waals surface area contributed by atoms with Crippen LogP contribution in [-0.2, 0) is 25.4 Å². The van der Waals surface area contributed by atoms with Crippen LogP contribution in [0, 0.1) is 0 Å². The topological polar surface area (TPSA) is 38.8 Å². The van der Waals surface area contributed by atoms with Crippen LogP contribution >= 0.6 is 0 Å². The van der Waals surface area contributed by atoms with Crippen LogP contribution in [-0.4, -0.2) is 18.1 Å². The summed E-state index contributed by atoms with van der Waals surface area (Å²) >= 11 is 0. The monoisotopic (exact) mass is 415 g/mol. The third-order valence-electron chi connectivity index (χ3n) is 6.51. The van der Waals surface area contributed by atoms with Gasteiger partial charge in [-0.3, -0.25) is 4.84 Å². The number of benzene rings is 3. The number of hydroxylamine groups is 2. The second kappa shape index (κ2) is 8.66. The number of nitrogens with zero attached hydrogens (tertiary/aromatic N) is 1. The smallest absolute Gasteiger partial charge is 0.341 e. The van der Waals surface area contributed by atoms with Crippen molar-refractivity contribution in [2.45, 2.75) is 43.9 Å². The van der Waals surface area contributed by atoms with Gasteiger partial charge in [0.1, 0.15) is 0 Å². The van der Waals surface area contributed by atoms with Crippen LogP contribution in [0.15, 0.2) is 91.0 Å². The maximum absolute atomic E-state index is 12.8. The third kappa shape index (κ3) is 3.89. The van der Waals surface area contributed by atoms with Gasteiger partial charge in [-0.05, 0) is 43.4 Å². The van der Waals surface area contributed by atoms with Crippen molar-refractivity contribution < 1.29 is 14.4 Å². The van der Waals surface area contributed by atoms with E-state index in [1.807, 2.05) is 71.8 Å². The van der Waals surface area contributed by atoms with Crippen molar-refractivity contribution in [1.82, 2.24) is 5.06 Å². The molecule has 160 valence electrons. The average molecular weight is 416 g/mol. The van der Waals surface area contributed by atoms with Crippen molar-refractivity contribution in [3.63, 3.8) is 0 Å². The molecule has 4 nitrogen and oxygen atoms in total. The molecule has 0 aliphatic carbocycles. The SMILES string of the molecule is COC(=O)C(ON1[C@](C)(c2ccccc2)CC[C@@]1(C)c1ccccc1)c1ccccc1. The predicted molar refractivity (Wildman–Crippen MR) is 121 cm³/mol. The molecule has 0 bridgehead atoms. The van der Waals surface area contributed by atoms with Crippen molar-refractivity contribution in [2.24, 2.45) is 0 Å². The Morgan fingerprint density at radius 3 is 1.61 bits per heavy atom. The first-order chi connectivity index (χ1) is 15.0. The molecule has 0 amide bonds.